The smallest absolute Gasteiger partial charge is 0.269 e. The molecule has 0 bridgehead atoms. The number of nitrogens with zero attached hydrogens (tertiary/aromatic N) is 2. The van der Waals surface area contributed by atoms with Crippen molar-refractivity contribution in [2.75, 3.05) is 6.54 Å². The number of fused-ring (bicyclic) bond motifs is 1. The van der Waals surface area contributed by atoms with Crippen LogP contribution in [0.5, 0.6) is 0 Å². The van der Waals surface area contributed by atoms with Gasteiger partial charge in [0.2, 0.25) is 5.91 Å². The van der Waals surface area contributed by atoms with Crippen molar-refractivity contribution in [1.29, 1.82) is 0 Å². The summed E-state index contributed by atoms with van der Waals surface area (Å²) in [4.78, 5) is 22.2. The Morgan fingerprint density at radius 3 is 2.65 bits per heavy atom. The number of aliphatic hydroxyl groups excluding tert-OH is 1. The van der Waals surface area contributed by atoms with Crippen LogP contribution in [-0.4, -0.2) is 27.0 Å². The first-order valence-corrected chi connectivity index (χ1v) is 8.17. The van der Waals surface area contributed by atoms with Crippen LogP contribution in [0.1, 0.15) is 17.2 Å². The van der Waals surface area contributed by atoms with E-state index in [4.69, 9.17) is 0 Å². The van der Waals surface area contributed by atoms with E-state index in [2.05, 4.69) is 5.32 Å². The number of rotatable bonds is 6. The van der Waals surface area contributed by atoms with Crippen molar-refractivity contribution in [2.45, 2.75) is 12.5 Å². The monoisotopic (exact) mass is 353 g/mol. The van der Waals surface area contributed by atoms with Crippen LogP contribution in [0.3, 0.4) is 0 Å². The van der Waals surface area contributed by atoms with Crippen LogP contribution in [-0.2, 0) is 18.3 Å². The van der Waals surface area contributed by atoms with Gasteiger partial charge in [-0.1, -0.05) is 18.2 Å². The molecule has 2 aromatic carbocycles. The number of carbonyl (C=O) groups excluding carboxylic acids is 1. The summed E-state index contributed by atoms with van der Waals surface area (Å²) in [5.41, 5.74) is 2.47. The van der Waals surface area contributed by atoms with Crippen molar-refractivity contribution < 1.29 is 14.8 Å². The highest BCUT2D eigenvalue weighted by molar-refractivity contribution is 5.81. The molecule has 3 rings (SSSR count). The Balaban J connectivity index is 1.56. The lowest BCUT2D eigenvalue weighted by atomic mass is 10.1. The van der Waals surface area contributed by atoms with Crippen LogP contribution in [0.2, 0.25) is 0 Å². The molecule has 2 N–H and O–H groups in total. The summed E-state index contributed by atoms with van der Waals surface area (Å²) < 4.78 is 2.00. The van der Waals surface area contributed by atoms with E-state index in [0.29, 0.717) is 5.56 Å². The molecule has 0 radical (unpaired) electrons. The van der Waals surface area contributed by atoms with E-state index in [-0.39, 0.29) is 24.6 Å². The fourth-order valence-electron chi connectivity index (χ4n) is 2.82. The van der Waals surface area contributed by atoms with Gasteiger partial charge in [0.25, 0.3) is 5.69 Å². The van der Waals surface area contributed by atoms with Crippen molar-refractivity contribution >= 4 is 22.5 Å². The van der Waals surface area contributed by atoms with Crippen molar-refractivity contribution in [2.24, 2.45) is 7.05 Å². The lowest BCUT2D eigenvalue weighted by Gasteiger charge is -2.13. The maximum absolute atomic E-state index is 12.0. The number of nitrogens with one attached hydrogen (secondary N) is 1. The number of carbonyl (C=O) groups is 1. The molecule has 0 aliphatic carbocycles. The molecule has 1 amide bonds. The summed E-state index contributed by atoms with van der Waals surface area (Å²) in [5.74, 6) is -0.251. The van der Waals surface area contributed by atoms with E-state index in [1.54, 1.807) is 12.1 Å². The van der Waals surface area contributed by atoms with Gasteiger partial charge in [-0.25, -0.2) is 0 Å². The zero-order valence-electron chi connectivity index (χ0n) is 14.3. The third-order valence-corrected chi connectivity index (χ3v) is 4.30. The average molecular weight is 353 g/mol. The highest BCUT2D eigenvalue weighted by Gasteiger charge is 2.12. The van der Waals surface area contributed by atoms with E-state index >= 15 is 0 Å². The van der Waals surface area contributed by atoms with Gasteiger partial charge in [0.15, 0.2) is 0 Å². The fraction of sp³-hybridized carbons (Fsp3) is 0.211. The molecule has 7 heteroatoms. The van der Waals surface area contributed by atoms with Crippen molar-refractivity contribution in [3.05, 3.63) is 76.0 Å². The number of benzene rings is 2. The Kier molecular flexibility index (Phi) is 4.99. The first-order valence-electron chi connectivity index (χ1n) is 8.17. The Bertz CT molecular complexity index is 947. The SMILES string of the molecule is Cn1ccc2cc(C(O)CNC(=O)Cc3ccc([N+](=O)[O-])cc3)ccc21. The predicted molar refractivity (Wildman–Crippen MR) is 97.7 cm³/mol. The Morgan fingerprint density at radius 2 is 1.96 bits per heavy atom. The highest BCUT2D eigenvalue weighted by atomic mass is 16.6. The molecule has 26 heavy (non-hydrogen) atoms. The molecule has 1 heterocycles. The van der Waals surface area contributed by atoms with Gasteiger partial charge in [0, 0.05) is 37.4 Å². The summed E-state index contributed by atoms with van der Waals surface area (Å²) in [5, 5.41) is 24.7. The van der Waals surface area contributed by atoms with E-state index in [9.17, 15) is 20.0 Å². The number of amides is 1. The second-order valence-electron chi connectivity index (χ2n) is 6.17. The molecule has 0 spiro atoms. The van der Waals surface area contributed by atoms with Crippen LogP contribution in [0.4, 0.5) is 5.69 Å². The molecule has 134 valence electrons. The highest BCUT2D eigenvalue weighted by Crippen LogP contribution is 2.21. The predicted octanol–water partition coefficient (Wildman–Crippen LogP) is 2.48. The summed E-state index contributed by atoms with van der Waals surface area (Å²) >= 11 is 0. The Labute approximate surface area is 150 Å². The van der Waals surface area contributed by atoms with Crippen LogP contribution >= 0.6 is 0 Å². The van der Waals surface area contributed by atoms with Gasteiger partial charge in [0.05, 0.1) is 17.4 Å². The molecule has 1 aromatic heterocycles. The van der Waals surface area contributed by atoms with Crippen LogP contribution in [0, 0.1) is 10.1 Å². The summed E-state index contributed by atoms with van der Waals surface area (Å²) in [6, 6.07) is 13.5. The van der Waals surface area contributed by atoms with Crippen molar-refractivity contribution in [1.82, 2.24) is 9.88 Å². The van der Waals surface area contributed by atoms with Gasteiger partial charge in [-0.05, 0) is 34.7 Å². The third kappa shape index (κ3) is 3.89. The molecule has 0 saturated heterocycles. The Morgan fingerprint density at radius 1 is 1.23 bits per heavy atom. The van der Waals surface area contributed by atoms with Gasteiger partial charge in [-0.15, -0.1) is 0 Å². The second kappa shape index (κ2) is 7.37. The minimum Gasteiger partial charge on any atom is -0.387 e. The van der Waals surface area contributed by atoms with E-state index < -0.39 is 11.0 Å². The number of nitro groups is 1. The summed E-state index contributed by atoms with van der Waals surface area (Å²) in [6.07, 6.45) is 1.25. The third-order valence-electron chi connectivity index (χ3n) is 4.30. The fourth-order valence-corrected chi connectivity index (χ4v) is 2.82. The molecule has 0 aliphatic heterocycles. The topological polar surface area (TPSA) is 97.4 Å². The number of aryl methyl sites for hydroxylation is 1. The Hall–Kier alpha value is -3.19. The zero-order chi connectivity index (χ0) is 18.7. The van der Waals surface area contributed by atoms with Crippen LogP contribution in [0.25, 0.3) is 10.9 Å². The molecule has 0 saturated carbocycles. The first-order chi connectivity index (χ1) is 12.4. The molecular weight excluding hydrogens is 334 g/mol. The number of hydrogen-bond acceptors (Lipinski definition) is 4. The summed E-state index contributed by atoms with van der Waals surface area (Å²) in [6.45, 7) is 0.101. The molecular formula is C19H19N3O4. The molecule has 7 nitrogen and oxygen atoms in total. The normalized spacial score (nSPS) is 12.1. The van der Waals surface area contributed by atoms with Gasteiger partial charge in [-0.2, -0.15) is 0 Å². The number of hydrogen-bond donors (Lipinski definition) is 2. The largest absolute Gasteiger partial charge is 0.387 e. The minimum atomic E-state index is -0.805. The first kappa shape index (κ1) is 17.6. The van der Waals surface area contributed by atoms with Crippen molar-refractivity contribution in [3.8, 4) is 0 Å². The molecule has 3 aromatic rings. The lowest BCUT2D eigenvalue weighted by Crippen LogP contribution is -2.29. The maximum Gasteiger partial charge on any atom is 0.269 e. The van der Waals surface area contributed by atoms with Gasteiger partial charge in [0.1, 0.15) is 0 Å². The van der Waals surface area contributed by atoms with Gasteiger partial charge < -0.3 is 15.0 Å². The average Bonchev–Trinajstić information content (AvgIpc) is 3.00. The lowest BCUT2D eigenvalue weighted by molar-refractivity contribution is -0.384. The van der Waals surface area contributed by atoms with Crippen molar-refractivity contribution in [3.63, 3.8) is 0 Å². The zero-order valence-corrected chi connectivity index (χ0v) is 14.3. The molecule has 1 unspecified atom stereocenters. The summed E-state index contributed by atoms with van der Waals surface area (Å²) in [7, 11) is 1.96. The van der Waals surface area contributed by atoms with Crippen LogP contribution < -0.4 is 5.32 Å². The van der Waals surface area contributed by atoms with E-state index in [1.165, 1.54) is 12.1 Å². The van der Waals surface area contributed by atoms with Gasteiger partial charge in [-0.3, -0.25) is 14.9 Å². The minimum absolute atomic E-state index is 0.0131. The standard InChI is InChI=1S/C19H19N3O4/c1-21-9-8-14-11-15(4-7-17(14)21)18(23)12-20-19(24)10-13-2-5-16(6-3-13)22(25)26/h2-9,11,18,23H,10,12H2,1H3,(H,20,24). The molecule has 0 aliphatic rings. The van der Waals surface area contributed by atoms with E-state index in [0.717, 1.165) is 16.5 Å². The molecule has 1 atom stereocenters. The van der Waals surface area contributed by atoms with E-state index in [1.807, 2.05) is 42.1 Å². The number of nitro benzene ring substituents is 1. The van der Waals surface area contributed by atoms with Gasteiger partial charge >= 0.3 is 0 Å². The second-order valence-corrected chi connectivity index (χ2v) is 6.17. The number of non-ortho nitro benzene ring substituents is 1. The molecule has 0 fully saturated rings. The maximum atomic E-state index is 12.0. The number of aliphatic hydroxyl groups is 1. The number of aromatic nitrogens is 1. The van der Waals surface area contributed by atoms with Crippen LogP contribution in [0.15, 0.2) is 54.7 Å². The quantitative estimate of drug-likeness (QED) is 0.525.